The SMILES string of the molecule is Cc1ccc(NC(=O)c2cc([N+](=O)[O-])cc([N+](=O)[O-])c2Cl)c(Br)c1. The van der Waals surface area contributed by atoms with Gasteiger partial charge in [-0.1, -0.05) is 17.7 Å². The summed E-state index contributed by atoms with van der Waals surface area (Å²) in [5.41, 5.74) is -0.317. The molecule has 0 bridgehead atoms. The topological polar surface area (TPSA) is 115 Å². The number of nitrogens with zero attached hydrogens (tertiary/aromatic N) is 2. The number of hydrogen-bond acceptors (Lipinski definition) is 5. The van der Waals surface area contributed by atoms with E-state index < -0.39 is 32.2 Å². The van der Waals surface area contributed by atoms with E-state index >= 15 is 0 Å². The highest BCUT2D eigenvalue weighted by molar-refractivity contribution is 9.10. The third kappa shape index (κ3) is 3.69. The van der Waals surface area contributed by atoms with Crippen LogP contribution in [0.1, 0.15) is 15.9 Å². The summed E-state index contributed by atoms with van der Waals surface area (Å²) in [5, 5.41) is 23.9. The van der Waals surface area contributed by atoms with E-state index in [4.69, 9.17) is 11.6 Å². The molecule has 0 saturated heterocycles. The largest absolute Gasteiger partial charge is 0.321 e. The molecule has 0 aliphatic rings. The van der Waals surface area contributed by atoms with Gasteiger partial charge in [0.15, 0.2) is 0 Å². The predicted octanol–water partition coefficient (Wildman–Crippen LogP) is 4.48. The molecule has 0 aliphatic carbocycles. The van der Waals surface area contributed by atoms with Crippen LogP contribution in [0.2, 0.25) is 5.02 Å². The number of benzene rings is 2. The average Bonchev–Trinajstić information content (AvgIpc) is 2.49. The van der Waals surface area contributed by atoms with Gasteiger partial charge in [0.1, 0.15) is 5.02 Å². The third-order valence-corrected chi connectivity index (χ3v) is 4.12. The highest BCUT2D eigenvalue weighted by Gasteiger charge is 2.26. The van der Waals surface area contributed by atoms with Gasteiger partial charge in [0, 0.05) is 10.5 Å². The fraction of sp³-hybridized carbons (Fsp3) is 0.0714. The summed E-state index contributed by atoms with van der Waals surface area (Å²) < 4.78 is 0.590. The zero-order chi connectivity index (χ0) is 18.0. The zero-order valence-electron chi connectivity index (χ0n) is 12.1. The smallest absolute Gasteiger partial charge is 0.295 e. The lowest BCUT2D eigenvalue weighted by molar-refractivity contribution is -0.394. The van der Waals surface area contributed by atoms with Gasteiger partial charge < -0.3 is 5.32 Å². The van der Waals surface area contributed by atoms with Crippen LogP contribution < -0.4 is 5.32 Å². The molecule has 0 radical (unpaired) electrons. The molecular weight excluding hydrogens is 406 g/mol. The number of rotatable bonds is 4. The van der Waals surface area contributed by atoms with E-state index in [1.165, 1.54) is 0 Å². The van der Waals surface area contributed by atoms with Crippen LogP contribution in [0, 0.1) is 27.2 Å². The number of anilines is 1. The van der Waals surface area contributed by atoms with Gasteiger partial charge in [0.2, 0.25) is 0 Å². The first-order chi connectivity index (χ1) is 11.2. The van der Waals surface area contributed by atoms with Crippen molar-refractivity contribution in [3.8, 4) is 0 Å². The fourth-order valence-corrected chi connectivity index (χ4v) is 2.77. The number of aryl methyl sites for hydroxylation is 1. The highest BCUT2D eigenvalue weighted by Crippen LogP contribution is 2.34. The summed E-state index contributed by atoms with van der Waals surface area (Å²) in [7, 11) is 0. The molecule has 0 saturated carbocycles. The van der Waals surface area contributed by atoms with E-state index in [0.717, 1.165) is 11.6 Å². The van der Waals surface area contributed by atoms with Gasteiger partial charge in [-0.15, -0.1) is 0 Å². The quantitative estimate of drug-likeness (QED) is 0.585. The number of carbonyl (C=O) groups excluding carboxylic acids is 1. The van der Waals surface area contributed by atoms with Crippen LogP contribution in [0.3, 0.4) is 0 Å². The number of non-ortho nitro benzene ring substituents is 1. The Morgan fingerprint density at radius 3 is 2.38 bits per heavy atom. The first-order valence-corrected chi connectivity index (χ1v) is 7.57. The molecule has 0 atom stereocenters. The van der Waals surface area contributed by atoms with Crippen molar-refractivity contribution in [2.24, 2.45) is 0 Å². The molecule has 124 valence electrons. The van der Waals surface area contributed by atoms with Crippen molar-refractivity contribution in [2.75, 3.05) is 5.32 Å². The van der Waals surface area contributed by atoms with Gasteiger partial charge in [-0.25, -0.2) is 0 Å². The second kappa shape index (κ2) is 6.93. The Hall–Kier alpha value is -2.52. The van der Waals surface area contributed by atoms with Crippen LogP contribution in [-0.2, 0) is 0 Å². The molecule has 0 fully saturated rings. The first-order valence-electron chi connectivity index (χ1n) is 6.40. The van der Waals surface area contributed by atoms with Gasteiger partial charge in [-0.3, -0.25) is 25.0 Å². The predicted molar refractivity (Wildman–Crippen MR) is 91.6 cm³/mol. The molecule has 2 aromatic rings. The Balaban J connectivity index is 2.48. The fourth-order valence-electron chi connectivity index (χ4n) is 1.91. The minimum Gasteiger partial charge on any atom is -0.321 e. The van der Waals surface area contributed by atoms with Gasteiger partial charge in [0.25, 0.3) is 17.3 Å². The van der Waals surface area contributed by atoms with E-state index in [1.54, 1.807) is 18.2 Å². The van der Waals surface area contributed by atoms with Crippen molar-refractivity contribution >= 4 is 50.5 Å². The number of hydrogen-bond donors (Lipinski definition) is 1. The molecule has 0 aliphatic heterocycles. The number of amides is 1. The monoisotopic (exact) mass is 413 g/mol. The van der Waals surface area contributed by atoms with Crippen LogP contribution in [0.4, 0.5) is 17.1 Å². The van der Waals surface area contributed by atoms with Gasteiger partial charge in [0.05, 0.1) is 27.2 Å². The maximum absolute atomic E-state index is 12.4. The zero-order valence-corrected chi connectivity index (χ0v) is 14.4. The van der Waals surface area contributed by atoms with E-state index in [2.05, 4.69) is 21.2 Å². The Morgan fingerprint density at radius 1 is 1.17 bits per heavy atom. The number of nitrogens with one attached hydrogen (secondary N) is 1. The molecule has 0 spiro atoms. The Kier molecular flexibility index (Phi) is 5.15. The van der Waals surface area contributed by atoms with Crippen molar-refractivity contribution < 1.29 is 14.6 Å². The maximum atomic E-state index is 12.4. The summed E-state index contributed by atoms with van der Waals surface area (Å²) in [4.78, 5) is 32.5. The van der Waals surface area contributed by atoms with Gasteiger partial charge in [-0.2, -0.15) is 0 Å². The molecule has 1 N–H and O–H groups in total. The Bertz CT molecular complexity index is 872. The summed E-state index contributed by atoms with van der Waals surface area (Å²) in [6.07, 6.45) is 0. The van der Waals surface area contributed by atoms with Crippen molar-refractivity contribution in [1.82, 2.24) is 0 Å². The average molecular weight is 415 g/mol. The maximum Gasteiger partial charge on any atom is 0.295 e. The normalized spacial score (nSPS) is 10.3. The van der Waals surface area contributed by atoms with Crippen LogP contribution in [0.25, 0.3) is 0 Å². The van der Waals surface area contributed by atoms with Crippen LogP contribution in [-0.4, -0.2) is 15.8 Å². The summed E-state index contributed by atoms with van der Waals surface area (Å²) >= 11 is 9.15. The van der Waals surface area contributed by atoms with Crippen molar-refractivity contribution in [3.63, 3.8) is 0 Å². The molecule has 24 heavy (non-hydrogen) atoms. The van der Waals surface area contributed by atoms with Crippen LogP contribution in [0.5, 0.6) is 0 Å². The summed E-state index contributed by atoms with van der Waals surface area (Å²) in [6, 6.07) is 6.73. The van der Waals surface area contributed by atoms with Gasteiger partial charge >= 0.3 is 0 Å². The molecule has 0 heterocycles. The minimum absolute atomic E-state index is 0.356. The van der Waals surface area contributed by atoms with Crippen LogP contribution in [0.15, 0.2) is 34.8 Å². The van der Waals surface area contributed by atoms with E-state index in [9.17, 15) is 25.0 Å². The molecule has 8 nitrogen and oxygen atoms in total. The number of halogens is 2. The lowest BCUT2D eigenvalue weighted by Crippen LogP contribution is -2.14. The van der Waals surface area contributed by atoms with Crippen molar-refractivity contribution in [3.05, 3.63) is 71.2 Å². The number of carbonyl (C=O) groups is 1. The van der Waals surface area contributed by atoms with E-state index in [1.807, 2.05) is 6.92 Å². The lowest BCUT2D eigenvalue weighted by atomic mass is 10.1. The minimum atomic E-state index is -0.881. The standard InChI is InChI=1S/C14H9BrClN3O5/c1-7-2-3-11(10(15)4-7)17-14(20)9-5-8(18(21)22)6-12(13(9)16)19(23)24/h2-6H,1H3,(H,17,20). The van der Waals surface area contributed by atoms with Gasteiger partial charge in [-0.05, 0) is 40.5 Å². The summed E-state index contributed by atoms with van der Waals surface area (Å²) in [5.74, 6) is -0.795. The molecule has 0 aromatic heterocycles. The number of nitro benzene ring substituents is 2. The summed E-state index contributed by atoms with van der Waals surface area (Å²) in [6.45, 7) is 1.86. The molecule has 10 heteroatoms. The van der Waals surface area contributed by atoms with Crippen LogP contribution >= 0.6 is 27.5 Å². The van der Waals surface area contributed by atoms with Crippen molar-refractivity contribution in [1.29, 1.82) is 0 Å². The van der Waals surface area contributed by atoms with E-state index in [-0.39, 0.29) is 5.56 Å². The van der Waals surface area contributed by atoms with Crippen molar-refractivity contribution in [2.45, 2.75) is 6.92 Å². The highest BCUT2D eigenvalue weighted by atomic mass is 79.9. The first kappa shape index (κ1) is 17.8. The molecule has 2 rings (SSSR count). The van der Waals surface area contributed by atoms with E-state index in [0.29, 0.717) is 16.2 Å². The molecular formula is C14H9BrClN3O5. The second-order valence-electron chi connectivity index (χ2n) is 4.78. The Labute approximate surface area is 148 Å². The second-order valence-corrected chi connectivity index (χ2v) is 6.01. The Morgan fingerprint density at radius 2 is 1.83 bits per heavy atom. The lowest BCUT2D eigenvalue weighted by Gasteiger charge is -2.09. The molecule has 1 amide bonds. The molecule has 2 aromatic carbocycles. The molecule has 0 unspecified atom stereocenters. The third-order valence-electron chi connectivity index (χ3n) is 3.06. The number of nitro groups is 2.